The van der Waals surface area contributed by atoms with Crippen LogP contribution in [-0.4, -0.2) is 83.4 Å². The lowest BCUT2D eigenvalue weighted by Crippen LogP contribution is -2.48. The van der Waals surface area contributed by atoms with E-state index in [2.05, 4.69) is 25.8 Å². The Bertz CT molecular complexity index is 1140. The summed E-state index contributed by atoms with van der Waals surface area (Å²) >= 11 is 0. The van der Waals surface area contributed by atoms with Gasteiger partial charge in [-0.25, -0.2) is 18.8 Å². The van der Waals surface area contributed by atoms with Crippen LogP contribution in [0.3, 0.4) is 0 Å². The van der Waals surface area contributed by atoms with Crippen LogP contribution in [0.25, 0.3) is 16.6 Å². The van der Waals surface area contributed by atoms with Crippen molar-refractivity contribution in [2.75, 3.05) is 57.2 Å². The molecule has 0 radical (unpaired) electrons. The molecule has 1 aromatic carbocycles. The second-order valence-electron chi connectivity index (χ2n) is 8.01. The van der Waals surface area contributed by atoms with Crippen LogP contribution in [0.4, 0.5) is 26.1 Å². The van der Waals surface area contributed by atoms with Crippen LogP contribution in [0.1, 0.15) is 6.42 Å². The molecule has 4 rings (SSSR count). The molecule has 10 nitrogen and oxygen atoms in total. The number of aromatic nitrogens is 3. The molecule has 34 heavy (non-hydrogen) atoms. The van der Waals surface area contributed by atoms with Crippen LogP contribution in [0.2, 0.25) is 0 Å². The summed E-state index contributed by atoms with van der Waals surface area (Å²) in [4.78, 5) is 6.36. The first-order valence-corrected chi connectivity index (χ1v) is 11.1. The van der Waals surface area contributed by atoms with Crippen molar-refractivity contribution in [3.8, 4) is 17.0 Å². The molecular weight excluding hydrogens is 446 g/mol. The molecule has 1 aliphatic heterocycles. The average molecular weight is 475 g/mol. The fourth-order valence-corrected chi connectivity index (χ4v) is 4.19. The summed E-state index contributed by atoms with van der Waals surface area (Å²) in [7, 11) is 1.50. The van der Waals surface area contributed by atoms with E-state index in [0.717, 1.165) is 11.1 Å². The molecule has 3 heterocycles. The van der Waals surface area contributed by atoms with Gasteiger partial charge >= 0.3 is 0 Å². The second-order valence-corrected chi connectivity index (χ2v) is 8.01. The number of β-amino-alcohol motifs (C(OH)–C–C–N with tert-alkyl or cyclic N) is 1. The maximum Gasteiger partial charge on any atom is 0.244 e. The lowest BCUT2D eigenvalue weighted by molar-refractivity contribution is 0.107. The fraction of sp³-hybridized carbons (Fsp3) is 0.455. The Morgan fingerprint density at radius 2 is 2.21 bits per heavy atom. The number of alkyl halides is 2. The molecule has 1 aliphatic rings. The van der Waals surface area contributed by atoms with Gasteiger partial charge in [-0.15, -0.1) is 5.10 Å². The average Bonchev–Trinajstić information content (AvgIpc) is 3.28. The van der Waals surface area contributed by atoms with Gasteiger partial charge in [-0.2, -0.15) is 10.1 Å². The number of fused-ring (bicyclic) bond motifs is 1. The minimum Gasteiger partial charge on any atom is -0.479 e. The number of aliphatic hydroxyl groups is 1. The summed E-state index contributed by atoms with van der Waals surface area (Å²) in [6.45, 7) is 0.936. The zero-order chi connectivity index (χ0) is 24.1. The van der Waals surface area contributed by atoms with E-state index in [1.54, 1.807) is 22.8 Å². The molecule has 0 aliphatic carbocycles. The quantitative estimate of drug-likeness (QED) is 0.333. The van der Waals surface area contributed by atoms with E-state index >= 15 is 0 Å². The molecule has 0 unspecified atom stereocenters. The first-order valence-electron chi connectivity index (χ1n) is 11.1. The van der Waals surface area contributed by atoms with Crippen LogP contribution in [0.15, 0.2) is 35.6 Å². The summed E-state index contributed by atoms with van der Waals surface area (Å²) in [5.74, 6) is 0.571. The topological polar surface area (TPSA) is 123 Å². The van der Waals surface area contributed by atoms with Gasteiger partial charge in [0.2, 0.25) is 11.8 Å². The maximum atomic E-state index is 14.7. The molecule has 182 valence electrons. The standard InChI is InChI=1S/C22H28F2N8O2/c1-34-21-20-15(14-2-3-18(29-25)19(12-14)26-7-6-23)4-9-32(20)30-22(28-21)27-17-5-8-31(10-11-33)13-16(17)24/h2-4,9,12,16-17,25-26,33H,5-8,10-11,13H2,1H3,(H,27,30)/t16-,17+/m1/s1. The van der Waals surface area contributed by atoms with Gasteiger partial charge in [0.05, 0.1) is 25.4 Å². The third kappa shape index (κ3) is 4.92. The zero-order valence-electron chi connectivity index (χ0n) is 18.8. The Morgan fingerprint density at radius 1 is 1.35 bits per heavy atom. The summed E-state index contributed by atoms with van der Waals surface area (Å²) in [5.41, 5.74) is 10.5. The van der Waals surface area contributed by atoms with Crippen molar-refractivity contribution in [3.05, 3.63) is 30.5 Å². The monoisotopic (exact) mass is 474 g/mol. The predicted molar refractivity (Wildman–Crippen MR) is 125 cm³/mol. The van der Waals surface area contributed by atoms with Crippen molar-refractivity contribution in [2.45, 2.75) is 18.6 Å². The highest BCUT2D eigenvalue weighted by molar-refractivity contribution is 5.87. The van der Waals surface area contributed by atoms with Gasteiger partial charge in [0.1, 0.15) is 24.1 Å². The molecular formula is C22H28F2N8O2. The van der Waals surface area contributed by atoms with Crippen LogP contribution in [-0.2, 0) is 0 Å². The molecule has 0 bridgehead atoms. The number of nitrogens with one attached hydrogen (secondary N) is 3. The van der Waals surface area contributed by atoms with E-state index in [-0.39, 0.29) is 25.6 Å². The van der Waals surface area contributed by atoms with Crippen molar-refractivity contribution in [1.82, 2.24) is 19.5 Å². The van der Waals surface area contributed by atoms with E-state index in [1.807, 2.05) is 17.0 Å². The fourth-order valence-electron chi connectivity index (χ4n) is 4.19. The lowest BCUT2D eigenvalue weighted by Gasteiger charge is -2.34. The van der Waals surface area contributed by atoms with Gasteiger partial charge in [-0.1, -0.05) is 6.07 Å². The summed E-state index contributed by atoms with van der Waals surface area (Å²) in [6, 6.07) is 6.69. The first kappa shape index (κ1) is 23.8. The highest BCUT2D eigenvalue weighted by atomic mass is 19.1. The number of benzene rings is 1. The Morgan fingerprint density at radius 3 is 2.91 bits per heavy atom. The molecule has 3 aromatic rings. The maximum absolute atomic E-state index is 14.7. The van der Waals surface area contributed by atoms with Gasteiger partial charge in [0.25, 0.3) is 0 Å². The molecule has 0 saturated carbocycles. The largest absolute Gasteiger partial charge is 0.479 e. The number of hydrogen-bond donors (Lipinski definition) is 4. The number of methoxy groups -OCH3 is 1. The van der Waals surface area contributed by atoms with Gasteiger partial charge < -0.3 is 20.5 Å². The van der Waals surface area contributed by atoms with Gasteiger partial charge in [-0.05, 0) is 30.2 Å². The van der Waals surface area contributed by atoms with Crippen molar-refractivity contribution in [2.24, 2.45) is 5.11 Å². The third-order valence-corrected chi connectivity index (χ3v) is 5.87. The summed E-state index contributed by atoms with van der Waals surface area (Å²) < 4.78 is 34.5. The van der Waals surface area contributed by atoms with Gasteiger partial charge in [-0.3, -0.25) is 4.90 Å². The van der Waals surface area contributed by atoms with Crippen molar-refractivity contribution >= 4 is 22.8 Å². The SMILES string of the molecule is COc1nc(N[C@H]2CCN(CCO)C[C@H]2F)nn2ccc(-c3ccc(N=N)c(NCCF)c3)c12. The van der Waals surface area contributed by atoms with E-state index in [4.69, 9.17) is 15.4 Å². The Hall–Kier alpha value is -3.38. The number of ether oxygens (including phenoxy) is 1. The number of nitrogens with zero attached hydrogens (tertiary/aromatic N) is 5. The normalized spacial score (nSPS) is 18.7. The number of hydrogen-bond acceptors (Lipinski definition) is 9. The molecule has 1 fully saturated rings. The lowest BCUT2D eigenvalue weighted by atomic mass is 10.0. The van der Waals surface area contributed by atoms with Crippen LogP contribution >= 0.6 is 0 Å². The highest BCUT2D eigenvalue weighted by Gasteiger charge is 2.30. The number of aliphatic hydroxyl groups excluding tert-OH is 1. The van der Waals surface area contributed by atoms with E-state index in [9.17, 15) is 8.78 Å². The Labute approximate surface area is 195 Å². The number of likely N-dealkylation sites (tertiary alicyclic amines) is 1. The Kier molecular flexibility index (Phi) is 7.48. The zero-order valence-corrected chi connectivity index (χ0v) is 18.8. The highest BCUT2D eigenvalue weighted by Crippen LogP contribution is 2.36. The minimum atomic E-state index is -1.12. The summed E-state index contributed by atoms with van der Waals surface area (Å²) in [5, 5.41) is 23.1. The van der Waals surface area contributed by atoms with Crippen molar-refractivity contribution in [3.63, 3.8) is 0 Å². The number of halogens is 2. The van der Waals surface area contributed by atoms with E-state index in [0.29, 0.717) is 42.3 Å². The van der Waals surface area contributed by atoms with Crippen molar-refractivity contribution in [1.29, 1.82) is 5.53 Å². The second kappa shape index (κ2) is 10.7. The van der Waals surface area contributed by atoms with E-state index < -0.39 is 18.9 Å². The van der Waals surface area contributed by atoms with Crippen LogP contribution in [0.5, 0.6) is 5.88 Å². The molecule has 0 amide bonds. The van der Waals surface area contributed by atoms with Crippen LogP contribution in [0, 0.1) is 5.53 Å². The number of piperidine rings is 1. The first-order chi connectivity index (χ1) is 16.6. The van der Waals surface area contributed by atoms with Crippen LogP contribution < -0.4 is 15.4 Å². The smallest absolute Gasteiger partial charge is 0.244 e. The molecule has 2 atom stereocenters. The summed E-state index contributed by atoms with van der Waals surface area (Å²) in [6.07, 6.45) is 1.19. The molecule has 1 saturated heterocycles. The third-order valence-electron chi connectivity index (χ3n) is 5.87. The number of anilines is 2. The molecule has 12 heteroatoms. The minimum absolute atomic E-state index is 0.00572. The van der Waals surface area contributed by atoms with Gasteiger partial charge in [0, 0.05) is 37.9 Å². The molecule has 2 aromatic heterocycles. The number of rotatable bonds is 10. The molecule has 4 N–H and O–H groups in total. The van der Waals surface area contributed by atoms with Gasteiger partial charge in [0.15, 0.2) is 0 Å². The Balaban J connectivity index is 1.62. The molecule has 0 spiro atoms. The van der Waals surface area contributed by atoms with Crippen molar-refractivity contribution < 1.29 is 18.6 Å². The predicted octanol–water partition coefficient (Wildman–Crippen LogP) is 3.27. The van der Waals surface area contributed by atoms with E-state index in [1.165, 1.54) is 7.11 Å².